The van der Waals surface area contributed by atoms with E-state index in [9.17, 15) is 9.59 Å². The molecule has 0 radical (unpaired) electrons. The van der Waals surface area contributed by atoms with Gasteiger partial charge < -0.3 is 10.2 Å². The third kappa shape index (κ3) is 5.02. The Hall–Kier alpha value is -2.95. The molecule has 1 aromatic heterocycles. The molecule has 0 unspecified atom stereocenters. The van der Waals surface area contributed by atoms with E-state index in [1.807, 2.05) is 47.4 Å². The molecule has 1 fully saturated rings. The zero-order valence-electron chi connectivity index (χ0n) is 14.8. The Balaban J connectivity index is 1.58. The first-order valence-corrected chi connectivity index (χ1v) is 8.86. The Morgan fingerprint density at radius 2 is 2.00 bits per heavy atom. The molecule has 1 saturated carbocycles. The maximum Gasteiger partial charge on any atom is 0.245 e. The van der Waals surface area contributed by atoms with E-state index in [0.717, 1.165) is 24.0 Å². The van der Waals surface area contributed by atoms with Crippen molar-refractivity contribution in [2.45, 2.75) is 38.4 Å². The molecular formula is C21H23N3O2. The molecule has 1 aromatic carbocycles. The molecule has 0 spiro atoms. The third-order valence-corrected chi connectivity index (χ3v) is 4.30. The van der Waals surface area contributed by atoms with Crippen molar-refractivity contribution >= 4 is 17.9 Å². The molecule has 0 saturated heterocycles. The molecule has 2 aromatic rings. The van der Waals surface area contributed by atoms with Crippen molar-refractivity contribution in [3.8, 4) is 0 Å². The number of hydrogen-bond acceptors (Lipinski definition) is 3. The molecule has 1 aliphatic carbocycles. The van der Waals surface area contributed by atoms with Gasteiger partial charge in [0.1, 0.15) is 6.04 Å². The van der Waals surface area contributed by atoms with E-state index in [2.05, 4.69) is 10.3 Å². The number of hydrogen-bond donors (Lipinski definition) is 1. The fraction of sp³-hybridized carbons (Fsp3) is 0.286. The summed E-state index contributed by atoms with van der Waals surface area (Å²) < 4.78 is 0. The van der Waals surface area contributed by atoms with Gasteiger partial charge in [0.05, 0.1) is 0 Å². The van der Waals surface area contributed by atoms with Crippen LogP contribution in [0, 0.1) is 0 Å². The number of carbonyl (C=O) groups excluding carboxylic acids is 2. The van der Waals surface area contributed by atoms with Crippen LogP contribution in [0.1, 0.15) is 30.9 Å². The smallest absolute Gasteiger partial charge is 0.245 e. The largest absolute Gasteiger partial charge is 0.341 e. The maximum atomic E-state index is 12.8. The first-order valence-electron chi connectivity index (χ1n) is 8.86. The van der Waals surface area contributed by atoms with E-state index in [4.69, 9.17) is 0 Å². The van der Waals surface area contributed by atoms with E-state index >= 15 is 0 Å². The predicted molar refractivity (Wildman–Crippen MR) is 101 cm³/mol. The summed E-state index contributed by atoms with van der Waals surface area (Å²) in [5, 5.41) is 2.77. The summed E-state index contributed by atoms with van der Waals surface area (Å²) in [6.07, 6.45) is 8.72. The highest BCUT2D eigenvalue weighted by Gasteiger charge is 2.34. The van der Waals surface area contributed by atoms with Crippen LogP contribution in [0.15, 0.2) is 60.9 Å². The highest BCUT2D eigenvalue weighted by molar-refractivity contribution is 5.95. The summed E-state index contributed by atoms with van der Waals surface area (Å²) in [6, 6.07) is 13.1. The first kappa shape index (κ1) is 17.9. The molecule has 5 heteroatoms. The summed E-state index contributed by atoms with van der Waals surface area (Å²) >= 11 is 0. The monoisotopic (exact) mass is 349 g/mol. The van der Waals surface area contributed by atoms with Gasteiger partial charge in [-0.1, -0.05) is 36.4 Å². The van der Waals surface area contributed by atoms with Crippen molar-refractivity contribution in [3.05, 3.63) is 72.1 Å². The average molecular weight is 349 g/mol. The molecular weight excluding hydrogens is 326 g/mol. The lowest BCUT2D eigenvalue weighted by Gasteiger charge is -2.26. The number of nitrogens with one attached hydrogen (secondary N) is 1. The maximum absolute atomic E-state index is 12.8. The molecule has 3 rings (SSSR count). The minimum Gasteiger partial charge on any atom is -0.341 e. The van der Waals surface area contributed by atoms with Gasteiger partial charge in [-0.2, -0.15) is 0 Å². The van der Waals surface area contributed by atoms with Crippen LogP contribution in [0.25, 0.3) is 6.08 Å². The molecule has 26 heavy (non-hydrogen) atoms. The lowest BCUT2D eigenvalue weighted by atomic mass is 10.2. The summed E-state index contributed by atoms with van der Waals surface area (Å²) in [5.74, 6) is -0.329. The van der Waals surface area contributed by atoms with Gasteiger partial charge >= 0.3 is 0 Å². The van der Waals surface area contributed by atoms with Crippen LogP contribution in [0.2, 0.25) is 0 Å². The number of amides is 2. The molecule has 1 aliphatic rings. The topological polar surface area (TPSA) is 62.3 Å². The third-order valence-electron chi connectivity index (χ3n) is 4.30. The fourth-order valence-electron chi connectivity index (χ4n) is 2.77. The van der Waals surface area contributed by atoms with E-state index in [0.29, 0.717) is 6.54 Å². The number of aromatic nitrogens is 1. The highest BCUT2D eigenvalue weighted by atomic mass is 16.2. The number of rotatable bonds is 7. The summed E-state index contributed by atoms with van der Waals surface area (Å²) in [4.78, 5) is 30.9. The van der Waals surface area contributed by atoms with Crippen molar-refractivity contribution < 1.29 is 9.59 Å². The van der Waals surface area contributed by atoms with E-state index in [1.54, 1.807) is 25.4 Å². The Morgan fingerprint density at radius 3 is 2.65 bits per heavy atom. The minimum atomic E-state index is -0.569. The number of nitrogens with zero attached hydrogens (tertiary/aromatic N) is 2. The van der Waals surface area contributed by atoms with Gasteiger partial charge in [0.2, 0.25) is 11.8 Å². The van der Waals surface area contributed by atoms with Gasteiger partial charge in [-0.15, -0.1) is 0 Å². The van der Waals surface area contributed by atoms with E-state index < -0.39 is 6.04 Å². The van der Waals surface area contributed by atoms with Crippen molar-refractivity contribution in [3.63, 3.8) is 0 Å². The second-order valence-corrected chi connectivity index (χ2v) is 6.53. The van der Waals surface area contributed by atoms with Gasteiger partial charge in [-0.05, 0) is 43.0 Å². The quantitative estimate of drug-likeness (QED) is 0.782. The standard InChI is InChI=1S/C21H23N3O2/c1-16(23-20(25)12-9-17-6-3-2-4-7-17)21(26)24(19-10-11-19)15-18-8-5-13-22-14-18/h2-9,12-14,16,19H,10-11,15H2,1H3,(H,23,25)/b12-9+/t16-/m1/s1. The lowest BCUT2D eigenvalue weighted by Crippen LogP contribution is -2.47. The van der Waals surface area contributed by atoms with Crippen LogP contribution in [-0.4, -0.2) is 33.8 Å². The molecule has 0 bridgehead atoms. The summed E-state index contributed by atoms with van der Waals surface area (Å²) in [6.45, 7) is 2.26. The molecule has 1 N–H and O–H groups in total. The second kappa shape index (κ2) is 8.43. The van der Waals surface area contributed by atoms with Crippen molar-refractivity contribution in [2.75, 3.05) is 0 Å². The molecule has 0 aliphatic heterocycles. The normalized spacial score (nSPS) is 14.8. The Bertz CT molecular complexity index is 770. The first-order chi connectivity index (χ1) is 12.6. The number of pyridine rings is 1. The Labute approximate surface area is 153 Å². The summed E-state index contributed by atoms with van der Waals surface area (Å²) in [7, 11) is 0. The zero-order valence-corrected chi connectivity index (χ0v) is 14.8. The van der Waals surface area contributed by atoms with Crippen molar-refractivity contribution in [2.24, 2.45) is 0 Å². The van der Waals surface area contributed by atoms with Crippen LogP contribution in [0.5, 0.6) is 0 Å². The highest BCUT2D eigenvalue weighted by Crippen LogP contribution is 2.28. The predicted octanol–water partition coefficient (Wildman–Crippen LogP) is 2.79. The van der Waals surface area contributed by atoms with Crippen LogP contribution >= 0.6 is 0 Å². The zero-order chi connectivity index (χ0) is 18.4. The molecule has 5 nitrogen and oxygen atoms in total. The van der Waals surface area contributed by atoms with Gasteiger partial charge in [0, 0.05) is 31.1 Å². The van der Waals surface area contributed by atoms with Crippen molar-refractivity contribution in [1.29, 1.82) is 0 Å². The van der Waals surface area contributed by atoms with Crippen LogP contribution in [-0.2, 0) is 16.1 Å². The number of benzene rings is 1. The fourth-order valence-corrected chi connectivity index (χ4v) is 2.77. The molecule has 1 atom stereocenters. The van der Waals surface area contributed by atoms with Crippen LogP contribution in [0.3, 0.4) is 0 Å². The Kier molecular flexibility index (Phi) is 5.79. The Morgan fingerprint density at radius 1 is 1.23 bits per heavy atom. The van der Waals surface area contributed by atoms with E-state index in [1.165, 1.54) is 6.08 Å². The molecule has 134 valence electrons. The summed E-state index contributed by atoms with van der Waals surface area (Å²) in [5.41, 5.74) is 1.94. The van der Waals surface area contributed by atoms with Gasteiger partial charge in [0.15, 0.2) is 0 Å². The second-order valence-electron chi connectivity index (χ2n) is 6.53. The van der Waals surface area contributed by atoms with Crippen molar-refractivity contribution in [1.82, 2.24) is 15.2 Å². The van der Waals surface area contributed by atoms with Gasteiger partial charge in [-0.3, -0.25) is 14.6 Å². The van der Waals surface area contributed by atoms with Crippen LogP contribution in [0.4, 0.5) is 0 Å². The number of carbonyl (C=O) groups is 2. The van der Waals surface area contributed by atoms with Crippen LogP contribution < -0.4 is 5.32 Å². The SMILES string of the molecule is C[C@@H](NC(=O)/C=C/c1ccccc1)C(=O)N(Cc1cccnc1)C1CC1. The minimum absolute atomic E-state index is 0.0576. The molecule has 1 heterocycles. The van der Waals surface area contributed by atoms with Gasteiger partial charge in [-0.25, -0.2) is 0 Å². The molecule has 2 amide bonds. The van der Waals surface area contributed by atoms with E-state index in [-0.39, 0.29) is 17.9 Å². The van der Waals surface area contributed by atoms with Gasteiger partial charge in [0.25, 0.3) is 0 Å². The lowest BCUT2D eigenvalue weighted by molar-refractivity contribution is -0.136. The average Bonchev–Trinajstić information content (AvgIpc) is 3.50.